The molecule has 1 aliphatic rings. The maximum atomic E-state index is 11.3. The molecule has 0 aliphatic carbocycles. The van der Waals surface area contributed by atoms with Gasteiger partial charge in [0.1, 0.15) is 0 Å². The van der Waals surface area contributed by atoms with E-state index in [2.05, 4.69) is 22.4 Å². The van der Waals surface area contributed by atoms with Crippen molar-refractivity contribution >= 4 is 11.9 Å². The normalized spacial score (nSPS) is 21.8. The molecule has 1 N–H and O–H groups in total. The minimum Gasteiger partial charge on any atom is -0.481 e. The van der Waals surface area contributed by atoms with Crippen LogP contribution < -0.4 is 4.90 Å². The highest BCUT2D eigenvalue weighted by Gasteiger charge is 2.32. The average Bonchev–Trinajstić information content (AvgIpc) is 2.96. The lowest BCUT2D eigenvalue weighted by Gasteiger charge is -2.34. The Morgan fingerprint density at radius 2 is 2.00 bits per heavy atom. The smallest absolute Gasteiger partial charge is 0.308 e. The first-order valence-electron chi connectivity index (χ1n) is 7.37. The number of piperidine rings is 1. The van der Waals surface area contributed by atoms with Gasteiger partial charge in [0, 0.05) is 13.1 Å². The van der Waals surface area contributed by atoms with Crippen molar-refractivity contribution in [3.63, 3.8) is 0 Å². The second kappa shape index (κ2) is 5.75. The molecule has 3 rings (SSSR count). The molecule has 0 radical (unpaired) electrons. The van der Waals surface area contributed by atoms with Crippen molar-refractivity contribution in [3.05, 3.63) is 29.8 Å². The van der Waals surface area contributed by atoms with Crippen LogP contribution in [0.2, 0.25) is 0 Å². The largest absolute Gasteiger partial charge is 0.481 e. The Morgan fingerprint density at radius 3 is 2.68 bits per heavy atom. The van der Waals surface area contributed by atoms with E-state index in [0.29, 0.717) is 18.9 Å². The van der Waals surface area contributed by atoms with Crippen molar-refractivity contribution in [2.75, 3.05) is 18.0 Å². The fraction of sp³-hybridized carbons (Fsp3) is 0.467. The molecule has 7 nitrogen and oxygen atoms in total. The molecule has 2 unspecified atom stereocenters. The average molecular weight is 301 g/mol. The molecule has 2 atom stereocenters. The monoisotopic (exact) mass is 301 g/mol. The number of aryl methyl sites for hydroxylation is 1. The lowest BCUT2D eigenvalue weighted by atomic mass is 9.91. The third kappa shape index (κ3) is 2.79. The predicted octanol–water partition coefficient (Wildman–Crippen LogP) is 1.52. The molecule has 0 bridgehead atoms. The first kappa shape index (κ1) is 14.5. The van der Waals surface area contributed by atoms with Gasteiger partial charge in [-0.05, 0) is 41.8 Å². The first-order valence-corrected chi connectivity index (χ1v) is 7.37. The molecule has 0 spiro atoms. The van der Waals surface area contributed by atoms with Gasteiger partial charge in [-0.3, -0.25) is 4.79 Å². The van der Waals surface area contributed by atoms with Crippen LogP contribution in [0.25, 0.3) is 5.69 Å². The van der Waals surface area contributed by atoms with Crippen LogP contribution >= 0.6 is 0 Å². The number of carboxylic acid groups (broad SMARTS) is 1. The van der Waals surface area contributed by atoms with Gasteiger partial charge < -0.3 is 10.0 Å². The molecular weight excluding hydrogens is 282 g/mol. The van der Waals surface area contributed by atoms with E-state index in [1.807, 2.05) is 36.1 Å². The van der Waals surface area contributed by atoms with Crippen molar-refractivity contribution in [2.45, 2.75) is 20.3 Å². The SMILES string of the molecule is Cc1ccc(-n2nnnc2N2CC(C)CC(C(=O)O)C2)cc1. The second-order valence-corrected chi connectivity index (χ2v) is 6.01. The molecule has 1 aliphatic heterocycles. The summed E-state index contributed by atoms with van der Waals surface area (Å²) in [6, 6.07) is 7.91. The standard InChI is InChI=1S/C15H19N5O2/c1-10-3-5-13(6-4-10)20-15(16-17-18-20)19-8-11(2)7-12(9-19)14(21)22/h3-6,11-12H,7-9H2,1-2H3,(H,21,22). The number of tetrazole rings is 1. The van der Waals surface area contributed by atoms with Crippen LogP contribution in [-0.4, -0.2) is 44.4 Å². The van der Waals surface area contributed by atoms with Crippen LogP contribution in [0.1, 0.15) is 18.9 Å². The molecule has 2 aromatic rings. The Morgan fingerprint density at radius 1 is 1.27 bits per heavy atom. The van der Waals surface area contributed by atoms with Crippen molar-refractivity contribution in [3.8, 4) is 5.69 Å². The van der Waals surface area contributed by atoms with E-state index in [-0.39, 0.29) is 11.8 Å². The van der Waals surface area contributed by atoms with Crippen molar-refractivity contribution in [2.24, 2.45) is 11.8 Å². The van der Waals surface area contributed by atoms with Crippen LogP contribution in [0, 0.1) is 18.8 Å². The number of aliphatic carboxylic acids is 1. The number of hydrogen-bond acceptors (Lipinski definition) is 5. The second-order valence-electron chi connectivity index (χ2n) is 6.01. The lowest BCUT2D eigenvalue weighted by molar-refractivity contribution is -0.142. The third-order valence-corrected chi connectivity index (χ3v) is 4.02. The molecule has 7 heteroatoms. The summed E-state index contributed by atoms with van der Waals surface area (Å²) in [5.41, 5.74) is 2.03. The molecule has 2 heterocycles. The molecule has 1 aromatic heterocycles. The number of aromatic nitrogens is 4. The van der Waals surface area contributed by atoms with Gasteiger partial charge in [-0.2, -0.15) is 4.68 Å². The van der Waals surface area contributed by atoms with Crippen molar-refractivity contribution in [1.29, 1.82) is 0 Å². The summed E-state index contributed by atoms with van der Waals surface area (Å²) in [6.07, 6.45) is 0.692. The Bertz CT molecular complexity index is 667. The van der Waals surface area contributed by atoms with E-state index in [4.69, 9.17) is 0 Å². The summed E-state index contributed by atoms with van der Waals surface area (Å²) in [5.74, 6) is -0.252. The van der Waals surface area contributed by atoms with E-state index >= 15 is 0 Å². The number of carboxylic acids is 1. The summed E-state index contributed by atoms with van der Waals surface area (Å²) in [4.78, 5) is 13.3. The van der Waals surface area contributed by atoms with Gasteiger partial charge in [-0.15, -0.1) is 0 Å². The number of anilines is 1. The highest BCUT2D eigenvalue weighted by Crippen LogP contribution is 2.26. The summed E-state index contributed by atoms with van der Waals surface area (Å²) in [5, 5.41) is 21.2. The topological polar surface area (TPSA) is 84.1 Å². The maximum absolute atomic E-state index is 11.3. The van der Waals surface area contributed by atoms with Gasteiger partial charge in [0.2, 0.25) is 5.95 Å². The van der Waals surface area contributed by atoms with Crippen molar-refractivity contribution < 1.29 is 9.90 Å². The van der Waals surface area contributed by atoms with Crippen LogP contribution in [0.4, 0.5) is 5.95 Å². The minimum absolute atomic E-state index is 0.290. The van der Waals surface area contributed by atoms with E-state index < -0.39 is 5.97 Å². The molecule has 1 fully saturated rings. The Balaban J connectivity index is 1.90. The number of nitrogens with zero attached hydrogens (tertiary/aromatic N) is 5. The van der Waals surface area contributed by atoms with Crippen molar-refractivity contribution in [1.82, 2.24) is 20.2 Å². The molecular formula is C15H19N5O2. The number of benzene rings is 1. The molecule has 116 valence electrons. The van der Waals surface area contributed by atoms with Gasteiger partial charge in [-0.1, -0.05) is 29.7 Å². The zero-order valence-corrected chi connectivity index (χ0v) is 12.7. The highest BCUT2D eigenvalue weighted by molar-refractivity contribution is 5.71. The van der Waals surface area contributed by atoms with Gasteiger partial charge in [0.15, 0.2) is 0 Å². The zero-order chi connectivity index (χ0) is 15.7. The highest BCUT2D eigenvalue weighted by atomic mass is 16.4. The van der Waals surface area contributed by atoms with E-state index in [1.54, 1.807) is 4.68 Å². The Kier molecular flexibility index (Phi) is 3.79. The van der Waals surface area contributed by atoms with Gasteiger partial charge in [-0.25, -0.2) is 0 Å². The van der Waals surface area contributed by atoms with Crippen LogP contribution in [0.15, 0.2) is 24.3 Å². The molecule has 0 saturated carbocycles. The number of hydrogen-bond donors (Lipinski definition) is 1. The molecule has 1 aromatic carbocycles. The van der Waals surface area contributed by atoms with E-state index in [0.717, 1.165) is 17.8 Å². The lowest BCUT2D eigenvalue weighted by Crippen LogP contribution is -2.43. The fourth-order valence-corrected chi connectivity index (χ4v) is 2.93. The zero-order valence-electron chi connectivity index (χ0n) is 12.7. The summed E-state index contributed by atoms with van der Waals surface area (Å²) < 4.78 is 1.66. The Hall–Kier alpha value is -2.44. The van der Waals surface area contributed by atoms with E-state index in [9.17, 15) is 9.90 Å². The predicted molar refractivity (Wildman–Crippen MR) is 81.0 cm³/mol. The quantitative estimate of drug-likeness (QED) is 0.925. The number of carbonyl (C=O) groups is 1. The minimum atomic E-state index is -0.758. The molecule has 0 amide bonds. The summed E-state index contributed by atoms with van der Waals surface area (Å²) in [6.45, 7) is 5.28. The van der Waals surface area contributed by atoms with Crippen LogP contribution in [0.5, 0.6) is 0 Å². The van der Waals surface area contributed by atoms with E-state index in [1.165, 1.54) is 0 Å². The number of rotatable bonds is 3. The van der Waals surface area contributed by atoms with Crippen LogP contribution in [-0.2, 0) is 4.79 Å². The third-order valence-electron chi connectivity index (χ3n) is 4.02. The van der Waals surface area contributed by atoms with Gasteiger partial charge >= 0.3 is 5.97 Å². The maximum Gasteiger partial charge on any atom is 0.308 e. The molecule has 1 saturated heterocycles. The summed E-state index contributed by atoms with van der Waals surface area (Å²) >= 11 is 0. The van der Waals surface area contributed by atoms with Gasteiger partial charge in [0.05, 0.1) is 11.6 Å². The molecule has 22 heavy (non-hydrogen) atoms. The summed E-state index contributed by atoms with van der Waals surface area (Å²) in [7, 11) is 0. The Labute approximate surface area is 128 Å². The first-order chi connectivity index (χ1) is 10.5. The van der Waals surface area contributed by atoms with Gasteiger partial charge in [0.25, 0.3) is 0 Å². The fourth-order valence-electron chi connectivity index (χ4n) is 2.93. The van der Waals surface area contributed by atoms with Crippen LogP contribution in [0.3, 0.4) is 0 Å².